The van der Waals surface area contributed by atoms with Crippen LogP contribution in [0, 0.1) is 5.82 Å². The van der Waals surface area contributed by atoms with Crippen LogP contribution in [-0.4, -0.2) is 22.5 Å². The lowest BCUT2D eigenvalue weighted by atomic mass is 10.0. The molecule has 0 aromatic heterocycles. The van der Waals surface area contributed by atoms with Gasteiger partial charge in [0.2, 0.25) is 0 Å². The van der Waals surface area contributed by atoms with E-state index in [1.165, 1.54) is 24.3 Å². The summed E-state index contributed by atoms with van der Waals surface area (Å²) in [6, 6.07) is 14.6. The fourth-order valence-electron chi connectivity index (χ4n) is 2.36. The molecule has 0 heterocycles. The van der Waals surface area contributed by atoms with Crippen molar-refractivity contribution in [1.29, 1.82) is 0 Å². The first-order chi connectivity index (χ1) is 10.1. The van der Waals surface area contributed by atoms with Crippen molar-refractivity contribution >= 4 is 5.97 Å². The number of hydrogen-bond donors (Lipinski definition) is 1. The molecule has 21 heavy (non-hydrogen) atoms. The lowest BCUT2D eigenvalue weighted by Gasteiger charge is -2.28. The minimum absolute atomic E-state index is 0.367. The second-order valence-corrected chi connectivity index (χ2v) is 4.84. The molecule has 1 unspecified atom stereocenters. The van der Waals surface area contributed by atoms with E-state index in [-0.39, 0.29) is 5.82 Å². The number of likely N-dealkylation sites (N-methyl/N-ethyl adjacent to an activating group) is 1. The van der Waals surface area contributed by atoms with Gasteiger partial charge in [0.25, 0.3) is 0 Å². The molecule has 110 valence electrons. The van der Waals surface area contributed by atoms with E-state index in [1.807, 2.05) is 42.2 Å². The molecule has 0 spiro atoms. The standard InChI is InChI=1S/C17H18FNO2/c1-2-19(12-13-6-4-3-5-7-13)16(17(20)21)14-8-10-15(18)11-9-14/h3-11,16H,2,12H2,1H3,(H,20,21). The second kappa shape index (κ2) is 6.99. The highest BCUT2D eigenvalue weighted by atomic mass is 19.1. The van der Waals surface area contributed by atoms with Gasteiger partial charge >= 0.3 is 5.97 Å². The van der Waals surface area contributed by atoms with Gasteiger partial charge in [-0.1, -0.05) is 49.4 Å². The number of halogens is 1. The van der Waals surface area contributed by atoms with Crippen LogP contribution in [0.1, 0.15) is 24.1 Å². The Balaban J connectivity index is 2.26. The number of carboxylic acid groups (broad SMARTS) is 1. The highest BCUT2D eigenvalue weighted by Crippen LogP contribution is 2.23. The maximum absolute atomic E-state index is 13.0. The van der Waals surface area contributed by atoms with Crippen molar-refractivity contribution in [2.75, 3.05) is 6.54 Å². The average molecular weight is 287 g/mol. The van der Waals surface area contributed by atoms with Gasteiger partial charge in [0.05, 0.1) is 0 Å². The largest absolute Gasteiger partial charge is 0.480 e. The summed E-state index contributed by atoms with van der Waals surface area (Å²) >= 11 is 0. The van der Waals surface area contributed by atoms with Crippen LogP contribution in [0.25, 0.3) is 0 Å². The second-order valence-electron chi connectivity index (χ2n) is 4.84. The molecule has 2 aromatic carbocycles. The first-order valence-electron chi connectivity index (χ1n) is 6.88. The lowest BCUT2D eigenvalue weighted by Crippen LogP contribution is -2.33. The first kappa shape index (κ1) is 15.2. The third-order valence-electron chi connectivity index (χ3n) is 3.42. The molecule has 2 rings (SSSR count). The van der Waals surface area contributed by atoms with Gasteiger partial charge in [-0.05, 0) is 29.8 Å². The predicted molar refractivity (Wildman–Crippen MR) is 79.3 cm³/mol. The predicted octanol–water partition coefficient (Wildman–Crippen LogP) is 3.47. The van der Waals surface area contributed by atoms with Gasteiger partial charge in [0.1, 0.15) is 11.9 Å². The summed E-state index contributed by atoms with van der Waals surface area (Å²) in [5.41, 5.74) is 1.63. The van der Waals surface area contributed by atoms with Gasteiger partial charge in [-0.25, -0.2) is 4.39 Å². The smallest absolute Gasteiger partial charge is 0.325 e. The molecule has 0 fully saturated rings. The zero-order chi connectivity index (χ0) is 15.2. The molecule has 0 saturated carbocycles. The summed E-state index contributed by atoms with van der Waals surface area (Å²) in [5.74, 6) is -1.30. The zero-order valence-electron chi connectivity index (χ0n) is 11.9. The maximum Gasteiger partial charge on any atom is 0.325 e. The van der Waals surface area contributed by atoms with Crippen molar-refractivity contribution in [3.8, 4) is 0 Å². The van der Waals surface area contributed by atoms with Gasteiger partial charge in [-0.2, -0.15) is 0 Å². The molecule has 0 aliphatic rings. The van der Waals surface area contributed by atoms with Crippen LogP contribution >= 0.6 is 0 Å². The summed E-state index contributed by atoms with van der Waals surface area (Å²) in [4.78, 5) is 13.5. The van der Waals surface area contributed by atoms with Crippen molar-refractivity contribution in [2.45, 2.75) is 19.5 Å². The lowest BCUT2D eigenvalue weighted by molar-refractivity contribution is -0.143. The third-order valence-corrected chi connectivity index (χ3v) is 3.42. The van der Waals surface area contributed by atoms with Crippen molar-refractivity contribution in [2.24, 2.45) is 0 Å². The summed E-state index contributed by atoms with van der Waals surface area (Å²) < 4.78 is 13.0. The van der Waals surface area contributed by atoms with Crippen LogP contribution in [0.4, 0.5) is 4.39 Å². The Morgan fingerprint density at radius 3 is 2.29 bits per heavy atom. The molecule has 0 bridgehead atoms. The molecule has 0 saturated heterocycles. The molecule has 0 aliphatic heterocycles. The molecule has 0 aliphatic carbocycles. The van der Waals surface area contributed by atoms with E-state index in [2.05, 4.69) is 0 Å². The Morgan fingerprint density at radius 1 is 1.14 bits per heavy atom. The molecule has 1 N–H and O–H groups in total. The van der Waals surface area contributed by atoms with Crippen LogP contribution in [0.5, 0.6) is 0 Å². The molecule has 0 radical (unpaired) electrons. The van der Waals surface area contributed by atoms with E-state index in [0.717, 1.165) is 5.56 Å². The number of hydrogen-bond acceptors (Lipinski definition) is 2. The zero-order valence-corrected chi connectivity index (χ0v) is 11.9. The number of carboxylic acids is 1. The molecule has 4 heteroatoms. The third kappa shape index (κ3) is 3.89. The molecule has 2 aromatic rings. The Hall–Kier alpha value is -2.20. The van der Waals surface area contributed by atoms with E-state index in [4.69, 9.17) is 0 Å². The van der Waals surface area contributed by atoms with Crippen LogP contribution in [0.3, 0.4) is 0 Å². The Kier molecular flexibility index (Phi) is 5.06. The van der Waals surface area contributed by atoms with E-state index in [0.29, 0.717) is 18.7 Å². The quantitative estimate of drug-likeness (QED) is 0.884. The number of benzene rings is 2. The van der Waals surface area contributed by atoms with E-state index in [9.17, 15) is 14.3 Å². The van der Waals surface area contributed by atoms with Crippen molar-refractivity contribution in [3.05, 3.63) is 71.5 Å². The van der Waals surface area contributed by atoms with Gasteiger partial charge in [-0.15, -0.1) is 0 Å². The topological polar surface area (TPSA) is 40.5 Å². The molecular formula is C17H18FNO2. The Morgan fingerprint density at radius 2 is 1.76 bits per heavy atom. The van der Waals surface area contributed by atoms with Crippen molar-refractivity contribution in [3.63, 3.8) is 0 Å². The molecular weight excluding hydrogens is 269 g/mol. The minimum atomic E-state index is -0.931. The van der Waals surface area contributed by atoms with Gasteiger partial charge in [-0.3, -0.25) is 9.69 Å². The average Bonchev–Trinajstić information content (AvgIpc) is 2.49. The summed E-state index contributed by atoms with van der Waals surface area (Å²) in [6.07, 6.45) is 0. The maximum atomic E-state index is 13.0. The number of aliphatic carboxylic acids is 1. The summed E-state index contributed by atoms with van der Waals surface area (Å²) in [5, 5.41) is 9.54. The van der Waals surface area contributed by atoms with Crippen LogP contribution < -0.4 is 0 Å². The number of rotatable bonds is 6. The highest BCUT2D eigenvalue weighted by Gasteiger charge is 2.26. The van der Waals surface area contributed by atoms with Crippen molar-refractivity contribution in [1.82, 2.24) is 4.90 Å². The van der Waals surface area contributed by atoms with Crippen LogP contribution in [0.2, 0.25) is 0 Å². The Labute approximate surface area is 123 Å². The van der Waals surface area contributed by atoms with Crippen molar-refractivity contribution < 1.29 is 14.3 Å². The Bertz CT molecular complexity index is 583. The first-order valence-corrected chi connectivity index (χ1v) is 6.88. The fraction of sp³-hybridized carbons (Fsp3) is 0.235. The van der Waals surface area contributed by atoms with Crippen LogP contribution in [-0.2, 0) is 11.3 Å². The van der Waals surface area contributed by atoms with Gasteiger partial charge < -0.3 is 5.11 Å². The number of nitrogens with zero attached hydrogens (tertiary/aromatic N) is 1. The van der Waals surface area contributed by atoms with Crippen LogP contribution in [0.15, 0.2) is 54.6 Å². The number of carbonyl (C=O) groups is 1. The fourth-order valence-corrected chi connectivity index (χ4v) is 2.36. The normalized spacial score (nSPS) is 12.3. The molecule has 3 nitrogen and oxygen atoms in total. The molecule has 0 amide bonds. The SMILES string of the molecule is CCN(Cc1ccccc1)C(C(=O)O)c1ccc(F)cc1. The van der Waals surface area contributed by atoms with Gasteiger partial charge in [0, 0.05) is 6.54 Å². The summed E-state index contributed by atoms with van der Waals surface area (Å²) in [7, 11) is 0. The van der Waals surface area contributed by atoms with E-state index in [1.54, 1.807) is 0 Å². The monoisotopic (exact) mass is 287 g/mol. The highest BCUT2D eigenvalue weighted by molar-refractivity contribution is 5.75. The van der Waals surface area contributed by atoms with E-state index < -0.39 is 12.0 Å². The van der Waals surface area contributed by atoms with Gasteiger partial charge in [0.15, 0.2) is 0 Å². The molecule has 1 atom stereocenters. The van der Waals surface area contributed by atoms with E-state index >= 15 is 0 Å². The summed E-state index contributed by atoms with van der Waals surface area (Å²) in [6.45, 7) is 3.04. The minimum Gasteiger partial charge on any atom is -0.480 e.